The number of hydrogen-bond acceptors (Lipinski definition) is 2. The van der Waals surface area contributed by atoms with Crippen molar-refractivity contribution in [1.82, 2.24) is 20.4 Å². The van der Waals surface area contributed by atoms with Gasteiger partial charge >= 0.3 is 0 Å². The van der Waals surface area contributed by atoms with E-state index >= 15 is 0 Å². The molecule has 4 nitrogen and oxygen atoms in total. The van der Waals surface area contributed by atoms with Crippen LogP contribution < -0.4 is 0 Å². The zero-order valence-electron chi connectivity index (χ0n) is 28.8. The lowest BCUT2D eigenvalue weighted by Crippen LogP contribution is -2.16. The average Bonchev–Trinajstić information content (AvgIpc) is 3.62. The van der Waals surface area contributed by atoms with Crippen LogP contribution in [0.15, 0.2) is 72.8 Å². The van der Waals surface area contributed by atoms with Gasteiger partial charge in [0.2, 0.25) is 0 Å². The summed E-state index contributed by atoms with van der Waals surface area (Å²) in [7, 11) is 0. The van der Waals surface area contributed by atoms with Gasteiger partial charge in [-0.3, -0.25) is 10.2 Å². The van der Waals surface area contributed by atoms with Gasteiger partial charge in [0.25, 0.3) is 0 Å². The number of H-pyrrole nitrogens is 2. The zero-order valence-corrected chi connectivity index (χ0v) is 28.8. The van der Waals surface area contributed by atoms with Gasteiger partial charge < -0.3 is 0 Å². The average molecular weight is 587 g/mol. The van der Waals surface area contributed by atoms with Crippen LogP contribution in [0.5, 0.6) is 0 Å². The van der Waals surface area contributed by atoms with Gasteiger partial charge in [-0.15, -0.1) is 0 Å². The van der Waals surface area contributed by atoms with Gasteiger partial charge in [0.05, 0.1) is 22.8 Å². The lowest BCUT2D eigenvalue weighted by atomic mass is 9.79. The fourth-order valence-electron chi connectivity index (χ4n) is 5.37. The fourth-order valence-corrected chi connectivity index (χ4v) is 5.37. The van der Waals surface area contributed by atoms with Gasteiger partial charge in [0.15, 0.2) is 0 Å². The molecule has 0 aliphatic rings. The number of nitrogens with zero attached hydrogens (tertiary/aromatic N) is 2. The first-order valence-electron chi connectivity index (χ1n) is 15.8. The second-order valence-corrected chi connectivity index (χ2v) is 16.5. The van der Waals surface area contributed by atoms with Gasteiger partial charge in [0, 0.05) is 22.3 Å². The molecule has 44 heavy (non-hydrogen) atoms. The monoisotopic (exact) mass is 586 g/mol. The molecule has 5 rings (SSSR count). The summed E-state index contributed by atoms with van der Waals surface area (Å²) in [6.45, 7) is 27.3. The van der Waals surface area contributed by atoms with Crippen LogP contribution in [0, 0.1) is 0 Å². The summed E-state index contributed by atoms with van der Waals surface area (Å²) in [5.41, 5.74) is 13.9. The Kier molecular flexibility index (Phi) is 7.81. The molecule has 5 aromatic rings. The molecular formula is C40H50N4. The molecule has 230 valence electrons. The van der Waals surface area contributed by atoms with E-state index in [1.54, 1.807) is 0 Å². The number of rotatable bonds is 4. The Balaban J connectivity index is 1.49. The van der Waals surface area contributed by atoms with Gasteiger partial charge in [0.1, 0.15) is 0 Å². The molecule has 0 unspecified atom stereocenters. The summed E-state index contributed by atoms with van der Waals surface area (Å²) in [5.74, 6) is 0. The van der Waals surface area contributed by atoms with Crippen molar-refractivity contribution >= 4 is 0 Å². The predicted octanol–water partition coefficient (Wildman–Crippen LogP) is 11.0. The molecule has 0 saturated carbocycles. The lowest BCUT2D eigenvalue weighted by molar-refractivity contribution is 0.568. The Bertz CT molecular complexity index is 1590. The SMILES string of the molecule is CC(C)(C)c1cc(-c2cc(-c3cccc(-c4cc(-c5cc(C(C)(C)C)cc(C(C)(C)C)c5)[nH]n4)c3)n[nH]2)cc(C(C)(C)C)c1. The predicted molar refractivity (Wildman–Crippen MR) is 187 cm³/mol. The minimum absolute atomic E-state index is 0.0536. The van der Waals surface area contributed by atoms with Crippen LogP contribution in [0.3, 0.4) is 0 Å². The van der Waals surface area contributed by atoms with E-state index in [1.165, 1.54) is 33.4 Å². The molecule has 0 bridgehead atoms. The summed E-state index contributed by atoms with van der Waals surface area (Å²) in [6.07, 6.45) is 0. The molecule has 0 aliphatic heterocycles. The van der Waals surface area contributed by atoms with E-state index in [1.807, 2.05) is 0 Å². The van der Waals surface area contributed by atoms with E-state index in [-0.39, 0.29) is 21.7 Å². The highest BCUT2D eigenvalue weighted by molar-refractivity contribution is 5.75. The fraction of sp³-hybridized carbons (Fsp3) is 0.400. The smallest absolute Gasteiger partial charge is 0.0927 e. The van der Waals surface area contributed by atoms with Crippen molar-refractivity contribution in [2.24, 2.45) is 0 Å². The molecule has 0 saturated heterocycles. The molecule has 2 N–H and O–H groups in total. The largest absolute Gasteiger partial charge is 0.277 e. The first-order valence-corrected chi connectivity index (χ1v) is 15.8. The van der Waals surface area contributed by atoms with E-state index in [0.717, 1.165) is 33.9 Å². The maximum Gasteiger partial charge on any atom is 0.0927 e. The molecule has 0 radical (unpaired) electrons. The van der Waals surface area contributed by atoms with E-state index in [4.69, 9.17) is 10.2 Å². The normalized spacial score (nSPS) is 13.0. The van der Waals surface area contributed by atoms with Crippen LogP contribution in [-0.4, -0.2) is 20.4 Å². The van der Waals surface area contributed by atoms with Gasteiger partial charge in [-0.2, -0.15) is 10.2 Å². The number of benzene rings is 3. The zero-order chi connectivity index (χ0) is 32.2. The van der Waals surface area contributed by atoms with Crippen LogP contribution in [0.2, 0.25) is 0 Å². The van der Waals surface area contributed by atoms with E-state index in [9.17, 15) is 0 Å². The molecule has 2 aromatic heterocycles. The van der Waals surface area contributed by atoms with Crippen molar-refractivity contribution in [3.63, 3.8) is 0 Å². The molecule has 0 atom stereocenters. The molecule has 3 aromatic carbocycles. The highest BCUT2D eigenvalue weighted by Gasteiger charge is 2.23. The molecule has 2 heterocycles. The summed E-state index contributed by atoms with van der Waals surface area (Å²) in [5, 5.41) is 16.1. The maximum absolute atomic E-state index is 4.75. The number of nitrogens with one attached hydrogen (secondary N) is 2. The summed E-state index contributed by atoms with van der Waals surface area (Å²) in [4.78, 5) is 0. The Labute approximate surface area is 264 Å². The van der Waals surface area contributed by atoms with E-state index in [0.29, 0.717) is 0 Å². The van der Waals surface area contributed by atoms with Crippen LogP contribution in [0.25, 0.3) is 45.0 Å². The van der Waals surface area contributed by atoms with Crippen molar-refractivity contribution in [2.75, 3.05) is 0 Å². The molecule has 0 spiro atoms. The van der Waals surface area contributed by atoms with Crippen molar-refractivity contribution < 1.29 is 0 Å². The topological polar surface area (TPSA) is 57.4 Å². The summed E-state index contributed by atoms with van der Waals surface area (Å²) < 4.78 is 0. The first kappa shape index (κ1) is 31.5. The third kappa shape index (κ3) is 6.75. The van der Waals surface area contributed by atoms with Crippen LogP contribution in [0.1, 0.15) is 105 Å². The second-order valence-electron chi connectivity index (χ2n) is 16.5. The number of aromatic amines is 2. The third-order valence-corrected chi connectivity index (χ3v) is 8.56. The van der Waals surface area contributed by atoms with Crippen LogP contribution >= 0.6 is 0 Å². The Morgan fingerprint density at radius 3 is 1.00 bits per heavy atom. The summed E-state index contributed by atoms with van der Waals surface area (Å²) >= 11 is 0. The minimum Gasteiger partial charge on any atom is -0.277 e. The molecule has 0 amide bonds. The highest BCUT2D eigenvalue weighted by Crippen LogP contribution is 2.37. The second kappa shape index (κ2) is 10.9. The van der Waals surface area contributed by atoms with E-state index in [2.05, 4.69) is 166 Å². The van der Waals surface area contributed by atoms with Gasteiger partial charge in [-0.25, -0.2) is 0 Å². The van der Waals surface area contributed by atoms with Crippen molar-refractivity contribution in [3.05, 3.63) is 95.1 Å². The number of hydrogen-bond donors (Lipinski definition) is 2. The Hall–Kier alpha value is -3.92. The summed E-state index contributed by atoms with van der Waals surface area (Å²) in [6, 6.07) is 26.7. The minimum atomic E-state index is 0.0536. The van der Waals surface area contributed by atoms with E-state index < -0.39 is 0 Å². The van der Waals surface area contributed by atoms with Crippen molar-refractivity contribution in [1.29, 1.82) is 0 Å². The number of aromatic nitrogens is 4. The molecule has 0 fully saturated rings. The molecular weight excluding hydrogens is 536 g/mol. The van der Waals surface area contributed by atoms with Crippen LogP contribution in [-0.2, 0) is 21.7 Å². The van der Waals surface area contributed by atoms with Gasteiger partial charge in [-0.05, 0) is 86.4 Å². The Morgan fingerprint density at radius 1 is 0.386 bits per heavy atom. The van der Waals surface area contributed by atoms with Crippen LogP contribution in [0.4, 0.5) is 0 Å². The van der Waals surface area contributed by atoms with Crippen molar-refractivity contribution in [3.8, 4) is 45.0 Å². The van der Waals surface area contributed by atoms with Gasteiger partial charge in [-0.1, -0.05) is 113 Å². The quantitative estimate of drug-likeness (QED) is 0.220. The highest BCUT2D eigenvalue weighted by atomic mass is 15.1. The van der Waals surface area contributed by atoms with Crippen molar-refractivity contribution in [2.45, 2.75) is 105 Å². The standard InChI is InChI=1S/C40H50N4/c1-37(2,3)29-17-27(18-30(21-29)38(4,5)6)35-23-33(41-43-35)25-14-13-15-26(16-25)34-24-36(44-42-34)28-19-31(39(7,8)9)22-32(20-28)40(10,11)12/h13-24H,1-12H3,(H,41,43)(H,42,44). The Morgan fingerprint density at radius 2 is 0.705 bits per heavy atom. The maximum atomic E-state index is 4.75. The molecule has 0 aliphatic carbocycles. The third-order valence-electron chi connectivity index (χ3n) is 8.56. The molecule has 4 heteroatoms. The lowest BCUT2D eigenvalue weighted by Gasteiger charge is -2.26. The first-order chi connectivity index (χ1) is 20.3.